The van der Waals surface area contributed by atoms with Crippen molar-refractivity contribution in [2.45, 2.75) is 51.9 Å². The minimum Gasteiger partial charge on any atom is -0.299 e. The molecule has 0 saturated heterocycles. The lowest BCUT2D eigenvalue weighted by Gasteiger charge is -1.99. The van der Waals surface area contributed by atoms with Crippen molar-refractivity contribution in [2.75, 3.05) is 0 Å². The van der Waals surface area contributed by atoms with Crippen LogP contribution in [0.15, 0.2) is 11.6 Å². The van der Waals surface area contributed by atoms with Crippen LogP contribution in [0.25, 0.3) is 0 Å². The van der Waals surface area contributed by atoms with Crippen LogP contribution in [0.2, 0.25) is 0 Å². The molecule has 0 aliphatic heterocycles. The fourth-order valence-electron chi connectivity index (χ4n) is 1.38. The number of aldehydes is 2. The molecule has 80 valence electrons. The van der Waals surface area contributed by atoms with Gasteiger partial charge >= 0.3 is 0 Å². The molecule has 0 rings (SSSR count). The van der Waals surface area contributed by atoms with Crippen LogP contribution in [0, 0.1) is 0 Å². The fraction of sp³-hybridized carbons (Fsp3) is 0.667. The second-order valence-electron chi connectivity index (χ2n) is 3.51. The van der Waals surface area contributed by atoms with Crippen LogP contribution in [0.5, 0.6) is 0 Å². The zero-order valence-electron chi connectivity index (χ0n) is 9.00. The van der Waals surface area contributed by atoms with Gasteiger partial charge < -0.3 is 0 Å². The van der Waals surface area contributed by atoms with Gasteiger partial charge in [0.15, 0.2) is 0 Å². The number of rotatable bonds is 9. The van der Waals surface area contributed by atoms with Crippen LogP contribution in [0.3, 0.4) is 0 Å². The molecule has 0 fully saturated rings. The third-order valence-electron chi connectivity index (χ3n) is 2.25. The van der Waals surface area contributed by atoms with E-state index in [4.69, 9.17) is 0 Å². The largest absolute Gasteiger partial charge is 0.299 e. The second kappa shape index (κ2) is 10.2. The van der Waals surface area contributed by atoms with Crippen molar-refractivity contribution >= 4 is 12.6 Å². The smallest absolute Gasteiger partial charge is 0.146 e. The summed E-state index contributed by atoms with van der Waals surface area (Å²) in [5.74, 6) is 0. The Bertz CT molecular complexity index is 183. The zero-order valence-corrected chi connectivity index (χ0v) is 9.00. The Morgan fingerprint density at radius 1 is 1.00 bits per heavy atom. The Hall–Kier alpha value is -0.920. The third-order valence-corrected chi connectivity index (χ3v) is 2.25. The number of unbranched alkanes of at least 4 members (excludes halogenated alkanes) is 5. The normalized spacial score (nSPS) is 11.4. The lowest BCUT2D eigenvalue weighted by Crippen LogP contribution is -1.87. The molecule has 14 heavy (non-hydrogen) atoms. The monoisotopic (exact) mass is 196 g/mol. The zero-order chi connectivity index (χ0) is 10.6. The summed E-state index contributed by atoms with van der Waals surface area (Å²) in [7, 11) is 0. The van der Waals surface area contributed by atoms with Crippen LogP contribution < -0.4 is 0 Å². The van der Waals surface area contributed by atoms with E-state index >= 15 is 0 Å². The second-order valence-corrected chi connectivity index (χ2v) is 3.51. The molecule has 2 heteroatoms. The molecule has 0 radical (unpaired) electrons. The lowest BCUT2D eigenvalue weighted by molar-refractivity contribution is -0.106. The summed E-state index contributed by atoms with van der Waals surface area (Å²) in [5.41, 5.74) is 0.621. The van der Waals surface area contributed by atoms with Crippen molar-refractivity contribution in [3.8, 4) is 0 Å². The quantitative estimate of drug-likeness (QED) is 0.322. The van der Waals surface area contributed by atoms with Gasteiger partial charge in [-0.05, 0) is 24.5 Å². The van der Waals surface area contributed by atoms with E-state index in [1.165, 1.54) is 31.8 Å². The minimum absolute atomic E-state index is 0.621. The highest BCUT2D eigenvalue weighted by Gasteiger charge is 1.95. The first-order valence-corrected chi connectivity index (χ1v) is 5.44. The highest BCUT2D eigenvalue weighted by atomic mass is 16.1. The maximum atomic E-state index is 10.4. The first-order valence-electron chi connectivity index (χ1n) is 5.44. The van der Waals surface area contributed by atoms with Gasteiger partial charge in [-0.1, -0.05) is 39.0 Å². The summed E-state index contributed by atoms with van der Waals surface area (Å²) in [6.45, 7) is 2.19. The maximum absolute atomic E-state index is 10.4. The summed E-state index contributed by atoms with van der Waals surface area (Å²) in [6.07, 6.45) is 10.8. The van der Waals surface area contributed by atoms with E-state index in [0.717, 1.165) is 25.5 Å². The third kappa shape index (κ3) is 7.71. The molecule has 0 aliphatic rings. The molecule has 0 bridgehead atoms. The van der Waals surface area contributed by atoms with Crippen molar-refractivity contribution in [2.24, 2.45) is 0 Å². The van der Waals surface area contributed by atoms with Crippen LogP contribution in [0.4, 0.5) is 0 Å². The first kappa shape index (κ1) is 13.1. The van der Waals surface area contributed by atoms with E-state index in [1.54, 1.807) is 0 Å². The van der Waals surface area contributed by atoms with Gasteiger partial charge in [-0.3, -0.25) is 9.59 Å². The number of allylic oxidation sites excluding steroid dienone is 2. The van der Waals surface area contributed by atoms with Gasteiger partial charge in [-0.2, -0.15) is 0 Å². The van der Waals surface area contributed by atoms with E-state index in [9.17, 15) is 9.59 Å². The van der Waals surface area contributed by atoms with E-state index in [-0.39, 0.29) is 0 Å². The molecule has 0 spiro atoms. The van der Waals surface area contributed by atoms with E-state index < -0.39 is 0 Å². The molecule has 0 aromatic carbocycles. The van der Waals surface area contributed by atoms with Gasteiger partial charge in [0.25, 0.3) is 0 Å². The molecule has 0 saturated carbocycles. The minimum atomic E-state index is 0.621. The van der Waals surface area contributed by atoms with Crippen molar-refractivity contribution in [1.82, 2.24) is 0 Å². The van der Waals surface area contributed by atoms with Gasteiger partial charge in [-0.25, -0.2) is 0 Å². The SMILES string of the molecule is CCCCCCCC/C(C=O)=C/C=O. The molecule has 0 atom stereocenters. The molecule has 0 N–H and O–H groups in total. The van der Waals surface area contributed by atoms with Crippen molar-refractivity contribution in [1.29, 1.82) is 0 Å². The van der Waals surface area contributed by atoms with Gasteiger partial charge in [-0.15, -0.1) is 0 Å². The topological polar surface area (TPSA) is 34.1 Å². The van der Waals surface area contributed by atoms with Gasteiger partial charge in [0.2, 0.25) is 0 Å². The highest BCUT2D eigenvalue weighted by Crippen LogP contribution is 2.10. The fourth-order valence-corrected chi connectivity index (χ4v) is 1.38. The summed E-state index contributed by atoms with van der Waals surface area (Å²) in [6, 6.07) is 0. The number of hydrogen-bond donors (Lipinski definition) is 0. The molecular weight excluding hydrogens is 176 g/mol. The van der Waals surface area contributed by atoms with Gasteiger partial charge in [0.05, 0.1) is 0 Å². The predicted octanol–water partition coefficient (Wildman–Crippen LogP) is 3.06. The predicted molar refractivity (Wildman–Crippen MR) is 58.2 cm³/mol. The lowest BCUT2D eigenvalue weighted by atomic mass is 10.1. The average molecular weight is 196 g/mol. The molecule has 2 nitrogen and oxygen atoms in total. The molecular formula is C12H20O2. The Balaban J connectivity index is 3.38. The molecule has 0 amide bonds. The Morgan fingerprint density at radius 2 is 1.64 bits per heavy atom. The standard InChI is InChI=1S/C12H20O2/c1-2-3-4-5-6-7-8-12(11-14)9-10-13/h9-11H,2-8H2,1H3/b12-9-. The van der Waals surface area contributed by atoms with Crippen LogP contribution in [-0.2, 0) is 9.59 Å². The molecule has 0 aromatic rings. The highest BCUT2D eigenvalue weighted by molar-refractivity contribution is 5.81. The van der Waals surface area contributed by atoms with Crippen molar-refractivity contribution < 1.29 is 9.59 Å². The van der Waals surface area contributed by atoms with Crippen LogP contribution in [0.1, 0.15) is 51.9 Å². The molecule has 0 heterocycles. The van der Waals surface area contributed by atoms with Gasteiger partial charge in [0.1, 0.15) is 12.6 Å². The summed E-state index contributed by atoms with van der Waals surface area (Å²) >= 11 is 0. The summed E-state index contributed by atoms with van der Waals surface area (Å²) in [4.78, 5) is 20.5. The molecule has 0 unspecified atom stereocenters. The van der Waals surface area contributed by atoms with E-state index in [2.05, 4.69) is 6.92 Å². The van der Waals surface area contributed by atoms with Crippen molar-refractivity contribution in [3.63, 3.8) is 0 Å². The maximum Gasteiger partial charge on any atom is 0.146 e. The van der Waals surface area contributed by atoms with Gasteiger partial charge in [0, 0.05) is 0 Å². The Kier molecular flexibility index (Phi) is 9.49. The summed E-state index contributed by atoms with van der Waals surface area (Å²) in [5, 5.41) is 0. The Morgan fingerprint density at radius 3 is 2.21 bits per heavy atom. The van der Waals surface area contributed by atoms with Crippen LogP contribution in [-0.4, -0.2) is 12.6 Å². The van der Waals surface area contributed by atoms with Crippen LogP contribution >= 0.6 is 0 Å². The van der Waals surface area contributed by atoms with E-state index in [0.29, 0.717) is 11.9 Å². The molecule has 0 aliphatic carbocycles. The van der Waals surface area contributed by atoms with E-state index in [1.807, 2.05) is 0 Å². The van der Waals surface area contributed by atoms with Crippen molar-refractivity contribution in [3.05, 3.63) is 11.6 Å². The molecule has 0 aromatic heterocycles. The number of carbonyl (C=O) groups is 2. The number of carbonyl (C=O) groups excluding carboxylic acids is 2. The summed E-state index contributed by atoms with van der Waals surface area (Å²) < 4.78 is 0. The average Bonchev–Trinajstić information content (AvgIpc) is 2.21. The Labute approximate surface area is 86.4 Å². The first-order chi connectivity index (χ1) is 6.85. The number of hydrogen-bond acceptors (Lipinski definition) is 2.